The molecule has 28 heavy (non-hydrogen) atoms. The van der Waals surface area contributed by atoms with Crippen molar-refractivity contribution in [3.8, 4) is 11.3 Å². The van der Waals surface area contributed by atoms with E-state index in [-0.39, 0.29) is 12.0 Å². The fourth-order valence-corrected chi connectivity index (χ4v) is 3.83. The molecule has 0 radical (unpaired) electrons. The molecule has 1 fully saturated rings. The number of nitrogens with zero attached hydrogens (tertiary/aromatic N) is 2. The predicted molar refractivity (Wildman–Crippen MR) is 111 cm³/mol. The summed E-state index contributed by atoms with van der Waals surface area (Å²) in [5.41, 5.74) is 2.57. The van der Waals surface area contributed by atoms with Crippen molar-refractivity contribution >= 4 is 5.97 Å². The second kappa shape index (κ2) is 8.50. The third-order valence-electron chi connectivity index (χ3n) is 5.64. The van der Waals surface area contributed by atoms with Gasteiger partial charge in [0.1, 0.15) is 11.5 Å². The quantitative estimate of drug-likeness (QED) is 0.808. The summed E-state index contributed by atoms with van der Waals surface area (Å²) in [4.78, 5) is 15.2. The van der Waals surface area contributed by atoms with Crippen LogP contribution < -0.4 is 0 Å². The molecule has 2 heterocycles. The molecule has 3 rings (SSSR count). The van der Waals surface area contributed by atoms with Gasteiger partial charge in [-0.2, -0.15) is 0 Å². The van der Waals surface area contributed by atoms with Gasteiger partial charge in [0, 0.05) is 24.7 Å². The summed E-state index contributed by atoms with van der Waals surface area (Å²) in [6.45, 7) is 9.49. The van der Waals surface area contributed by atoms with Crippen molar-refractivity contribution in [2.75, 3.05) is 26.7 Å². The highest BCUT2D eigenvalue weighted by Crippen LogP contribution is 2.28. The van der Waals surface area contributed by atoms with E-state index in [2.05, 4.69) is 62.1 Å². The van der Waals surface area contributed by atoms with Crippen LogP contribution in [0.4, 0.5) is 0 Å². The van der Waals surface area contributed by atoms with Crippen LogP contribution in [0.25, 0.3) is 11.3 Å². The Morgan fingerprint density at radius 3 is 2.36 bits per heavy atom. The summed E-state index contributed by atoms with van der Waals surface area (Å²) in [5.74, 6) is 1.13. The Hall–Kier alpha value is -2.11. The number of carbonyl (C=O) groups is 1. The summed E-state index contributed by atoms with van der Waals surface area (Å²) in [6, 6.07) is 13.1. The first kappa shape index (κ1) is 20.6. The lowest BCUT2D eigenvalue weighted by atomic mass is 9.86. The van der Waals surface area contributed by atoms with Crippen molar-refractivity contribution in [3.63, 3.8) is 0 Å². The number of carboxylic acid groups (broad SMARTS) is 1. The van der Waals surface area contributed by atoms with Gasteiger partial charge in [0.2, 0.25) is 0 Å². The average molecular weight is 385 g/mol. The van der Waals surface area contributed by atoms with Crippen LogP contribution in [0.5, 0.6) is 0 Å². The van der Waals surface area contributed by atoms with Crippen LogP contribution in [0.3, 0.4) is 0 Å². The molecular weight excluding hydrogens is 352 g/mol. The SMILES string of the molecule is CN(CC(=O)O)C1CCN(Cc2ccc(-c3ccc(C(C)(C)C)cc3)o2)CC1. The van der Waals surface area contributed by atoms with Crippen molar-refractivity contribution in [2.45, 2.75) is 51.6 Å². The zero-order chi connectivity index (χ0) is 20.3. The Labute approximate surface area is 167 Å². The van der Waals surface area contributed by atoms with Gasteiger partial charge in [-0.3, -0.25) is 14.6 Å². The molecule has 152 valence electrons. The number of benzene rings is 1. The highest BCUT2D eigenvalue weighted by molar-refractivity contribution is 5.69. The van der Waals surface area contributed by atoms with Crippen molar-refractivity contribution in [1.29, 1.82) is 0 Å². The average Bonchev–Trinajstić information content (AvgIpc) is 3.09. The van der Waals surface area contributed by atoms with Crippen molar-refractivity contribution in [2.24, 2.45) is 0 Å². The maximum atomic E-state index is 10.9. The predicted octanol–water partition coefficient (Wildman–Crippen LogP) is 4.22. The van der Waals surface area contributed by atoms with Gasteiger partial charge in [0.15, 0.2) is 0 Å². The Morgan fingerprint density at radius 2 is 1.79 bits per heavy atom. The van der Waals surface area contributed by atoms with E-state index in [4.69, 9.17) is 9.52 Å². The summed E-state index contributed by atoms with van der Waals surface area (Å²) >= 11 is 0. The normalized spacial score (nSPS) is 16.6. The standard InChI is InChI=1S/C23H32N2O3/c1-23(2,3)18-7-5-17(6-8-18)21-10-9-20(28-21)15-25-13-11-19(12-14-25)24(4)16-22(26)27/h5-10,19H,11-16H2,1-4H3,(H,26,27). The van der Waals surface area contributed by atoms with Crippen molar-refractivity contribution in [1.82, 2.24) is 9.80 Å². The topological polar surface area (TPSA) is 56.9 Å². The lowest BCUT2D eigenvalue weighted by molar-refractivity contribution is -0.138. The van der Waals surface area contributed by atoms with Gasteiger partial charge in [0.05, 0.1) is 13.1 Å². The van der Waals surface area contributed by atoms with Gasteiger partial charge in [-0.1, -0.05) is 45.0 Å². The molecule has 1 aliphatic rings. The summed E-state index contributed by atoms with van der Waals surface area (Å²) in [6.07, 6.45) is 1.98. The molecule has 5 heteroatoms. The van der Waals surface area contributed by atoms with E-state index in [1.807, 2.05) is 11.9 Å². The number of piperidine rings is 1. The van der Waals surface area contributed by atoms with E-state index < -0.39 is 5.97 Å². The van der Waals surface area contributed by atoms with Crippen LogP contribution in [0, 0.1) is 0 Å². The molecule has 1 saturated heterocycles. The molecule has 1 aliphatic heterocycles. The van der Waals surface area contributed by atoms with E-state index in [0.717, 1.165) is 49.6 Å². The van der Waals surface area contributed by atoms with Crippen LogP contribution in [0.2, 0.25) is 0 Å². The highest BCUT2D eigenvalue weighted by atomic mass is 16.4. The summed E-state index contributed by atoms with van der Waals surface area (Å²) in [7, 11) is 1.90. The minimum atomic E-state index is -0.761. The zero-order valence-corrected chi connectivity index (χ0v) is 17.4. The molecule has 1 aromatic heterocycles. The van der Waals surface area contributed by atoms with Gasteiger partial charge in [-0.15, -0.1) is 0 Å². The molecule has 0 aliphatic carbocycles. The van der Waals surface area contributed by atoms with E-state index >= 15 is 0 Å². The molecule has 1 aromatic carbocycles. The van der Waals surface area contributed by atoms with Crippen LogP contribution in [-0.2, 0) is 16.8 Å². The van der Waals surface area contributed by atoms with Gasteiger partial charge in [-0.05, 0) is 43.0 Å². The molecule has 0 atom stereocenters. The first-order valence-corrected chi connectivity index (χ1v) is 10.1. The number of hydrogen-bond acceptors (Lipinski definition) is 4. The largest absolute Gasteiger partial charge is 0.480 e. The Morgan fingerprint density at radius 1 is 1.14 bits per heavy atom. The minimum Gasteiger partial charge on any atom is -0.480 e. The number of likely N-dealkylation sites (N-methyl/N-ethyl adjacent to an activating group) is 1. The van der Waals surface area contributed by atoms with E-state index in [0.29, 0.717) is 6.04 Å². The molecule has 5 nitrogen and oxygen atoms in total. The maximum absolute atomic E-state index is 10.9. The summed E-state index contributed by atoms with van der Waals surface area (Å²) < 4.78 is 6.10. The fraction of sp³-hybridized carbons (Fsp3) is 0.522. The Kier molecular flexibility index (Phi) is 6.26. The number of hydrogen-bond donors (Lipinski definition) is 1. The summed E-state index contributed by atoms with van der Waals surface area (Å²) in [5, 5.41) is 8.95. The highest BCUT2D eigenvalue weighted by Gasteiger charge is 2.24. The third kappa shape index (κ3) is 5.24. The minimum absolute atomic E-state index is 0.111. The number of aliphatic carboxylic acids is 1. The van der Waals surface area contributed by atoms with Crippen molar-refractivity contribution < 1.29 is 14.3 Å². The Balaban J connectivity index is 1.55. The number of carboxylic acids is 1. The Bertz CT molecular complexity index is 781. The van der Waals surface area contributed by atoms with Gasteiger partial charge in [0.25, 0.3) is 0 Å². The molecular formula is C23H32N2O3. The van der Waals surface area contributed by atoms with Crippen LogP contribution in [-0.4, -0.2) is 53.6 Å². The zero-order valence-electron chi connectivity index (χ0n) is 17.4. The third-order valence-corrected chi connectivity index (χ3v) is 5.64. The second-order valence-corrected chi connectivity index (χ2v) is 8.91. The fourth-order valence-electron chi connectivity index (χ4n) is 3.83. The number of furan rings is 1. The lowest BCUT2D eigenvalue weighted by Gasteiger charge is -2.35. The van der Waals surface area contributed by atoms with E-state index in [1.165, 1.54) is 5.56 Å². The molecule has 0 amide bonds. The first-order valence-electron chi connectivity index (χ1n) is 10.1. The van der Waals surface area contributed by atoms with E-state index in [1.54, 1.807) is 0 Å². The molecule has 0 spiro atoms. The molecule has 2 aromatic rings. The maximum Gasteiger partial charge on any atom is 0.317 e. The van der Waals surface area contributed by atoms with Crippen LogP contribution in [0.1, 0.15) is 44.9 Å². The molecule has 0 unspecified atom stereocenters. The van der Waals surface area contributed by atoms with Gasteiger partial charge >= 0.3 is 5.97 Å². The molecule has 0 saturated carbocycles. The number of likely N-dealkylation sites (tertiary alicyclic amines) is 1. The van der Waals surface area contributed by atoms with Gasteiger partial charge in [-0.25, -0.2) is 0 Å². The second-order valence-electron chi connectivity index (χ2n) is 8.91. The monoisotopic (exact) mass is 384 g/mol. The smallest absolute Gasteiger partial charge is 0.317 e. The van der Waals surface area contributed by atoms with Crippen molar-refractivity contribution in [3.05, 3.63) is 47.7 Å². The molecule has 1 N–H and O–H groups in total. The van der Waals surface area contributed by atoms with Crippen LogP contribution in [0.15, 0.2) is 40.8 Å². The lowest BCUT2D eigenvalue weighted by Crippen LogP contribution is -2.44. The molecule has 0 bridgehead atoms. The van der Waals surface area contributed by atoms with E-state index in [9.17, 15) is 4.79 Å². The number of rotatable bonds is 6. The van der Waals surface area contributed by atoms with Gasteiger partial charge < -0.3 is 9.52 Å². The van der Waals surface area contributed by atoms with Crippen LogP contribution >= 0.6 is 0 Å². The first-order chi connectivity index (χ1) is 13.2.